The van der Waals surface area contributed by atoms with Crippen LogP contribution in [-0.2, 0) is 0 Å². The molecule has 0 saturated carbocycles. The Balaban J connectivity index is 0.872. The van der Waals surface area contributed by atoms with Crippen LogP contribution in [0.5, 0.6) is 0 Å². The number of hydrogen-bond acceptors (Lipinski definition) is 6. The van der Waals surface area contributed by atoms with Crippen molar-refractivity contribution in [3.63, 3.8) is 0 Å². The van der Waals surface area contributed by atoms with Crippen LogP contribution in [0.4, 0.5) is 0 Å². The highest BCUT2D eigenvalue weighted by Gasteiger charge is 2.16. The van der Waals surface area contributed by atoms with Gasteiger partial charge in [-0.25, -0.2) is 24.9 Å². The van der Waals surface area contributed by atoms with E-state index in [1.54, 1.807) is 11.3 Å². The highest BCUT2D eigenvalue weighted by molar-refractivity contribution is 7.23. The first-order chi connectivity index (χ1) is 31.7. The Morgan fingerprint density at radius 2 is 0.641 bits per heavy atom. The molecule has 0 saturated heterocycles. The summed E-state index contributed by atoms with van der Waals surface area (Å²) in [5.41, 5.74) is 17.4. The number of rotatable bonds is 8. The summed E-state index contributed by atoms with van der Waals surface area (Å²) in [4.78, 5) is 26.1. The Labute approximate surface area is 373 Å². The second-order valence-corrected chi connectivity index (χ2v) is 16.8. The standard InChI is InChI=1S/C57H36N6S/c1-5-13-39(14-6-1)48-35-49(40-15-7-2-8-16-40)60-56(59-48)44-27-23-38(24-28-44)45-29-31-47-52(33-45)63-53-34-46(30-32-54(53)64-57(63)62-47)37-21-25-42(26-22-37)51-36-50(41-17-9-3-10-18-41)58-55(61-51)43-19-11-4-12-20-43/h1-36H. The van der Waals surface area contributed by atoms with E-state index in [9.17, 15) is 0 Å². The van der Waals surface area contributed by atoms with Gasteiger partial charge in [-0.15, -0.1) is 0 Å². The second kappa shape index (κ2) is 15.8. The van der Waals surface area contributed by atoms with Gasteiger partial charge in [0.1, 0.15) is 0 Å². The maximum atomic E-state index is 5.07. The van der Waals surface area contributed by atoms with Gasteiger partial charge >= 0.3 is 0 Å². The van der Waals surface area contributed by atoms with E-state index in [-0.39, 0.29) is 0 Å². The van der Waals surface area contributed by atoms with Crippen molar-refractivity contribution in [3.05, 3.63) is 218 Å². The van der Waals surface area contributed by atoms with Crippen molar-refractivity contribution in [1.29, 1.82) is 0 Å². The van der Waals surface area contributed by atoms with Gasteiger partial charge in [0.05, 0.1) is 44.0 Å². The predicted octanol–water partition coefficient (Wildman–Crippen LogP) is 14.6. The van der Waals surface area contributed by atoms with Gasteiger partial charge in [-0.1, -0.05) is 193 Å². The van der Waals surface area contributed by atoms with Crippen LogP contribution < -0.4 is 0 Å². The summed E-state index contributed by atoms with van der Waals surface area (Å²) < 4.78 is 3.49. The van der Waals surface area contributed by atoms with Gasteiger partial charge in [-0.3, -0.25) is 4.40 Å². The minimum Gasteiger partial charge on any atom is -0.283 e. The minimum absolute atomic E-state index is 0.693. The summed E-state index contributed by atoms with van der Waals surface area (Å²) in [6, 6.07) is 75.7. The van der Waals surface area contributed by atoms with E-state index in [1.807, 2.05) is 72.8 Å². The summed E-state index contributed by atoms with van der Waals surface area (Å²) in [6.07, 6.45) is 0. The lowest BCUT2D eigenvalue weighted by Gasteiger charge is -2.10. The Morgan fingerprint density at radius 3 is 1.12 bits per heavy atom. The largest absolute Gasteiger partial charge is 0.283 e. The van der Waals surface area contributed by atoms with Crippen LogP contribution in [0.25, 0.3) is 116 Å². The van der Waals surface area contributed by atoms with E-state index in [4.69, 9.17) is 24.9 Å². The number of aromatic nitrogens is 6. The van der Waals surface area contributed by atoms with Gasteiger partial charge in [0.25, 0.3) is 0 Å². The molecule has 4 heterocycles. The molecule has 8 aromatic carbocycles. The number of benzene rings is 8. The van der Waals surface area contributed by atoms with Crippen LogP contribution in [0.1, 0.15) is 0 Å². The Kier molecular flexibility index (Phi) is 9.24. The van der Waals surface area contributed by atoms with Crippen LogP contribution in [0.2, 0.25) is 0 Å². The zero-order valence-corrected chi connectivity index (χ0v) is 35.2. The molecular formula is C57H36N6S. The van der Waals surface area contributed by atoms with Crippen LogP contribution in [0.3, 0.4) is 0 Å². The smallest absolute Gasteiger partial charge is 0.195 e. The third-order valence-corrected chi connectivity index (χ3v) is 12.7. The zero-order valence-electron chi connectivity index (χ0n) is 34.4. The van der Waals surface area contributed by atoms with E-state index in [0.29, 0.717) is 11.6 Å². The molecule has 0 atom stereocenters. The van der Waals surface area contributed by atoms with Crippen molar-refractivity contribution in [1.82, 2.24) is 29.3 Å². The number of thiazole rings is 1. The van der Waals surface area contributed by atoms with E-state index >= 15 is 0 Å². The fourth-order valence-corrected chi connectivity index (χ4v) is 9.41. The van der Waals surface area contributed by atoms with Crippen molar-refractivity contribution in [2.75, 3.05) is 0 Å². The fourth-order valence-electron chi connectivity index (χ4n) is 8.39. The maximum absolute atomic E-state index is 5.07. The van der Waals surface area contributed by atoms with Crippen molar-refractivity contribution in [2.24, 2.45) is 0 Å². The molecule has 0 aliphatic heterocycles. The Bertz CT molecular complexity index is 3270. The SMILES string of the molecule is c1ccc(-c2cc(-c3ccc(-c4ccc5sc6nc7ccc(-c8ccc(-c9nc(-c%10ccccc%10)cc(-c%10ccccc%10)n9)cc8)cc7n6c5c4)cc3)nc(-c3ccccc3)n2)cc1. The van der Waals surface area contributed by atoms with Crippen LogP contribution in [0, 0.1) is 0 Å². The molecular weight excluding hydrogens is 801 g/mol. The molecule has 0 aliphatic rings. The fraction of sp³-hybridized carbons (Fsp3) is 0. The summed E-state index contributed by atoms with van der Waals surface area (Å²) in [5, 5.41) is 0. The molecule has 0 bridgehead atoms. The first-order valence-corrected chi connectivity index (χ1v) is 22.0. The summed E-state index contributed by atoms with van der Waals surface area (Å²) in [7, 11) is 0. The molecule has 12 rings (SSSR count). The van der Waals surface area contributed by atoms with Crippen molar-refractivity contribution >= 4 is 37.5 Å². The summed E-state index contributed by atoms with van der Waals surface area (Å²) in [6.45, 7) is 0. The summed E-state index contributed by atoms with van der Waals surface area (Å²) in [5.74, 6) is 1.40. The lowest BCUT2D eigenvalue weighted by atomic mass is 10.0. The lowest BCUT2D eigenvalue weighted by molar-refractivity contribution is 1.18. The molecule has 0 spiro atoms. The molecule has 4 aromatic heterocycles. The van der Waals surface area contributed by atoms with Gasteiger partial charge in [-0.05, 0) is 58.7 Å². The Hall–Kier alpha value is -8.39. The van der Waals surface area contributed by atoms with Gasteiger partial charge in [0.2, 0.25) is 0 Å². The monoisotopic (exact) mass is 836 g/mol. The van der Waals surface area contributed by atoms with Gasteiger partial charge in [0.15, 0.2) is 16.6 Å². The molecule has 7 heteroatoms. The zero-order chi connectivity index (χ0) is 42.4. The topological polar surface area (TPSA) is 68.9 Å². The molecule has 0 N–H and O–H groups in total. The van der Waals surface area contributed by atoms with Crippen LogP contribution in [-0.4, -0.2) is 29.3 Å². The maximum Gasteiger partial charge on any atom is 0.195 e. The van der Waals surface area contributed by atoms with E-state index < -0.39 is 0 Å². The van der Waals surface area contributed by atoms with E-state index in [2.05, 4.69) is 150 Å². The Morgan fingerprint density at radius 1 is 0.281 bits per heavy atom. The average Bonchev–Trinajstić information content (AvgIpc) is 3.93. The van der Waals surface area contributed by atoms with Crippen LogP contribution in [0.15, 0.2) is 218 Å². The molecule has 0 fully saturated rings. The quantitative estimate of drug-likeness (QED) is 0.152. The normalized spacial score (nSPS) is 11.4. The van der Waals surface area contributed by atoms with Crippen molar-refractivity contribution < 1.29 is 0 Å². The molecule has 0 amide bonds. The minimum atomic E-state index is 0.693. The molecule has 6 nitrogen and oxygen atoms in total. The molecule has 12 aromatic rings. The van der Waals surface area contributed by atoms with Crippen molar-refractivity contribution in [2.45, 2.75) is 0 Å². The third-order valence-electron chi connectivity index (χ3n) is 11.7. The lowest BCUT2D eigenvalue weighted by Crippen LogP contribution is -1.95. The molecule has 300 valence electrons. The van der Waals surface area contributed by atoms with E-state index in [0.717, 1.165) is 99.9 Å². The van der Waals surface area contributed by atoms with E-state index in [1.165, 1.54) is 4.70 Å². The van der Waals surface area contributed by atoms with Gasteiger partial charge < -0.3 is 0 Å². The number of hydrogen-bond donors (Lipinski definition) is 0. The van der Waals surface area contributed by atoms with Gasteiger partial charge in [0, 0.05) is 33.4 Å². The highest BCUT2D eigenvalue weighted by Crippen LogP contribution is 2.37. The first-order valence-electron chi connectivity index (χ1n) is 21.2. The average molecular weight is 837 g/mol. The van der Waals surface area contributed by atoms with Gasteiger partial charge in [-0.2, -0.15) is 0 Å². The van der Waals surface area contributed by atoms with Crippen molar-refractivity contribution in [3.8, 4) is 90.1 Å². The number of nitrogens with zero attached hydrogens (tertiary/aromatic N) is 6. The second-order valence-electron chi connectivity index (χ2n) is 15.8. The third kappa shape index (κ3) is 7.00. The number of imidazole rings is 1. The first kappa shape index (κ1) is 37.4. The number of fused-ring (bicyclic) bond motifs is 5. The van der Waals surface area contributed by atoms with Crippen LogP contribution >= 0.6 is 11.3 Å². The highest BCUT2D eigenvalue weighted by atomic mass is 32.1. The molecule has 0 unspecified atom stereocenters. The molecule has 0 aliphatic carbocycles. The predicted molar refractivity (Wildman–Crippen MR) is 263 cm³/mol. The summed E-state index contributed by atoms with van der Waals surface area (Å²) >= 11 is 1.71. The molecule has 0 radical (unpaired) electrons. The molecule has 64 heavy (non-hydrogen) atoms.